The molecule has 50 heavy (non-hydrogen) atoms. The Balaban J connectivity index is 1.11. The fourth-order valence-electron chi connectivity index (χ4n) is 7.51. The number of rotatable bonds is 5. The summed E-state index contributed by atoms with van der Waals surface area (Å²) in [5.41, 5.74) is 12.0. The van der Waals surface area contributed by atoms with Crippen LogP contribution < -0.4 is 0 Å². The maximum Gasteiger partial charge on any atom is 0.160 e. The molecule has 0 atom stereocenters. The van der Waals surface area contributed by atoms with Gasteiger partial charge < -0.3 is 9.13 Å². The second kappa shape index (κ2) is 11.4. The van der Waals surface area contributed by atoms with Crippen LogP contribution in [0.25, 0.3) is 88.8 Å². The van der Waals surface area contributed by atoms with Crippen molar-refractivity contribution in [3.63, 3.8) is 0 Å². The summed E-state index contributed by atoms with van der Waals surface area (Å²) in [6.45, 7) is 0. The van der Waals surface area contributed by atoms with Crippen molar-refractivity contribution in [3.8, 4) is 45.1 Å². The van der Waals surface area contributed by atoms with Crippen molar-refractivity contribution in [2.75, 3.05) is 0 Å². The Kier molecular flexibility index (Phi) is 6.46. The lowest BCUT2D eigenvalue weighted by atomic mass is 9.95. The quantitative estimate of drug-likeness (QED) is 0.188. The summed E-state index contributed by atoms with van der Waals surface area (Å²) in [6.07, 6.45) is 2.18. The molecule has 0 aliphatic carbocycles. The normalized spacial score (nSPS) is 11.6. The fraction of sp³-hybridized carbons (Fsp3) is 0. The summed E-state index contributed by atoms with van der Waals surface area (Å²) in [6, 6.07) is 62.0. The molecule has 0 radical (unpaired) electrons. The lowest BCUT2D eigenvalue weighted by Crippen LogP contribution is -1.98. The van der Waals surface area contributed by atoms with Gasteiger partial charge in [0.15, 0.2) is 5.82 Å². The molecule has 10 aromatic rings. The van der Waals surface area contributed by atoms with Crippen molar-refractivity contribution in [1.29, 1.82) is 0 Å². The van der Waals surface area contributed by atoms with Crippen LogP contribution in [-0.4, -0.2) is 19.1 Å². The molecule has 234 valence electrons. The molecule has 4 heteroatoms. The molecular formula is C46H30N4. The highest BCUT2D eigenvalue weighted by molar-refractivity contribution is 6.21. The summed E-state index contributed by atoms with van der Waals surface area (Å²) in [5, 5.41) is 4.78. The van der Waals surface area contributed by atoms with Gasteiger partial charge in [0.1, 0.15) is 0 Å². The molecule has 0 aliphatic rings. The molecule has 0 bridgehead atoms. The number of hydrogen-bond donors (Lipinski definition) is 0. The van der Waals surface area contributed by atoms with Gasteiger partial charge in [0.25, 0.3) is 0 Å². The lowest BCUT2D eigenvalue weighted by molar-refractivity contribution is 1.13. The van der Waals surface area contributed by atoms with Crippen molar-refractivity contribution in [1.82, 2.24) is 19.1 Å². The first-order valence-electron chi connectivity index (χ1n) is 16.9. The minimum absolute atomic E-state index is 0.708. The summed E-state index contributed by atoms with van der Waals surface area (Å²) in [4.78, 5) is 10.3. The molecule has 0 aliphatic heterocycles. The number of aromatic nitrogens is 4. The van der Waals surface area contributed by atoms with Crippen LogP contribution in [0, 0.1) is 0 Å². The molecule has 4 nitrogen and oxygen atoms in total. The first-order chi connectivity index (χ1) is 24.8. The molecule has 0 spiro atoms. The second-order valence-electron chi connectivity index (χ2n) is 12.6. The average molecular weight is 639 g/mol. The van der Waals surface area contributed by atoms with Crippen LogP contribution >= 0.6 is 0 Å². The molecule has 0 saturated carbocycles. The van der Waals surface area contributed by atoms with Gasteiger partial charge in [0, 0.05) is 50.2 Å². The third kappa shape index (κ3) is 4.46. The smallest absolute Gasteiger partial charge is 0.160 e. The summed E-state index contributed by atoms with van der Waals surface area (Å²) < 4.78 is 4.64. The molecule has 0 N–H and O–H groups in total. The molecule has 10 rings (SSSR count). The van der Waals surface area contributed by atoms with Crippen LogP contribution in [0.5, 0.6) is 0 Å². The zero-order valence-electron chi connectivity index (χ0n) is 27.1. The number of hydrogen-bond acceptors (Lipinski definition) is 2. The van der Waals surface area contributed by atoms with Gasteiger partial charge in [-0.15, -0.1) is 0 Å². The summed E-state index contributed by atoms with van der Waals surface area (Å²) in [7, 11) is 0. The Morgan fingerprint density at radius 3 is 1.84 bits per heavy atom. The van der Waals surface area contributed by atoms with E-state index in [-0.39, 0.29) is 0 Å². The van der Waals surface area contributed by atoms with E-state index in [4.69, 9.17) is 9.97 Å². The maximum absolute atomic E-state index is 5.26. The molecule has 0 amide bonds. The number of fused-ring (bicyclic) bond motifs is 6. The fourth-order valence-corrected chi connectivity index (χ4v) is 7.51. The minimum atomic E-state index is 0.708. The van der Waals surface area contributed by atoms with E-state index in [0.717, 1.165) is 50.2 Å². The third-order valence-corrected chi connectivity index (χ3v) is 9.79. The van der Waals surface area contributed by atoms with Crippen molar-refractivity contribution in [2.45, 2.75) is 0 Å². The van der Waals surface area contributed by atoms with Gasteiger partial charge >= 0.3 is 0 Å². The summed E-state index contributed by atoms with van der Waals surface area (Å²) in [5.74, 6) is 0.708. The first kappa shape index (κ1) is 28.3. The zero-order valence-corrected chi connectivity index (χ0v) is 27.1. The highest BCUT2D eigenvalue weighted by atomic mass is 15.0. The first-order valence-corrected chi connectivity index (χ1v) is 16.9. The topological polar surface area (TPSA) is 35.6 Å². The predicted molar refractivity (Wildman–Crippen MR) is 207 cm³/mol. The van der Waals surface area contributed by atoms with E-state index < -0.39 is 0 Å². The molecule has 0 saturated heterocycles. The Morgan fingerprint density at radius 1 is 0.380 bits per heavy atom. The molecular weight excluding hydrogens is 609 g/mol. The van der Waals surface area contributed by atoms with Crippen LogP contribution in [0.4, 0.5) is 0 Å². The minimum Gasteiger partial charge on any atom is -0.317 e. The van der Waals surface area contributed by atoms with E-state index in [1.165, 1.54) is 32.7 Å². The molecule has 0 unspecified atom stereocenters. The second-order valence-corrected chi connectivity index (χ2v) is 12.6. The largest absolute Gasteiger partial charge is 0.317 e. The highest BCUT2D eigenvalue weighted by Gasteiger charge is 2.18. The van der Waals surface area contributed by atoms with Crippen molar-refractivity contribution in [3.05, 3.63) is 182 Å². The number of para-hydroxylation sites is 3. The van der Waals surface area contributed by atoms with Crippen molar-refractivity contribution in [2.24, 2.45) is 0 Å². The monoisotopic (exact) mass is 638 g/mol. The van der Waals surface area contributed by atoms with Crippen LogP contribution in [0.15, 0.2) is 182 Å². The standard InChI is InChI=1S/C46H30N4/c1-3-13-31(14-4-1)35-17-7-8-18-36(35)45-37-19-9-11-21-40(37)47-46(48-45)32-23-25-34(26-24-32)50-42-22-12-10-20-38(42)44-39-29-30-49(33-15-5-2-6-16-33)41(39)27-28-43(44)50/h1-30H. The van der Waals surface area contributed by atoms with Gasteiger partial charge in [-0.05, 0) is 77.9 Å². The van der Waals surface area contributed by atoms with E-state index >= 15 is 0 Å². The van der Waals surface area contributed by atoms with Gasteiger partial charge in [-0.1, -0.05) is 109 Å². The van der Waals surface area contributed by atoms with Gasteiger partial charge in [-0.3, -0.25) is 0 Å². The average Bonchev–Trinajstić information content (AvgIpc) is 3.78. The zero-order chi connectivity index (χ0) is 33.0. The molecule has 3 heterocycles. The van der Waals surface area contributed by atoms with E-state index in [2.05, 4.69) is 185 Å². The Bertz CT molecular complexity index is 2850. The predicted octanol–water partition coefficient (Wildman–Crippen LogP) is 11.7. The molecule has 3 aromatic heterocycles. The van der Waals surface area contributed by atoms with Gasteiger partial charge in [-0.25, -0.2) is 9.97 Å². The van der Waals surface area contributed by atoms with Gasteiger partial charge in [0.05, 0.1) is 27.8 Å². The van der Waals surface area contributed by atoms with Crippen LogP contribution in [0.3, 0.4) is 0 Å². The van der Waals surface area contributed by atoms with E-state index in [9.17, 15) is 0 Å². The molecule has 0 fully saturated rings. The number of nitrogens with zero attached hydrogens (tertiary/aromatic N) is 4. The van der Waals surface area contributed by atoms with Gasteiger partial charge in [0.2, 0.25) is 0 Å². The van der Waals surface area contributed by atoms with Crippen LogP contribution in [-0.2, 0) is 0 Å². The third-order valence-electron chi connectivity index (χ3n) is 9.79. The Morgan fingerprint density at radius 2 is 1.02 bits per heavy atom. The van der Waals surface area contributed by atoms with E-state index in [1.807, 2.05) is 6.07 Å². The SMILES string of the molecule is c1ccc(-c2ccccc2-c2nc(-c3ccc(-n4c5ccccc5c5c6ccn(-c7ccccc7)c6ccc54)cc3)nc3ccccc23)cc1. The van der Waals surface area contributed by atoms with E-state index in [1.54, 1.807) is 0 Å². The Labute approximate surface area is 289 Å². The van der Waals surface area contributed by atoms with E-state index in [0.29, 0.717) is 5.82 Å². The molecule has 7 aromatic carbocycles. The van der Waals surface area contributed by atoms with Crippen molar-refractivity contribution >= 4 is 43.6 Å². The van der Waals surface area contributed by atoms with Crippen LogP contribution in [0.1, 0.15) is 0 Å². The number of benzene rings is 7. The van der Waals surface area contributed by atoms with Crippen LogP contribution in [0.2, 0.25) is 0 Å². The Hall–Kier alpha value is -6.78. The highest BCUT2D eigenvalue weighted by Crippen LogP contribution is 2.39. The van der Waals surface area contributed by atoms with Gasteiger partial charge in [-0.2, -0.15) is 0 Å². The summed E-state index contributed by atoms with van der Waals surface area (Å²) >= 11 is 0. The van der Waals surface area contributed by atoms with Crippen molar-refractivity contribution < 1.29 is 0 Å². The lowest BCUT2D eigenvalue weighted by Gasteiger charge is -2.14. The maximum atomic E-state index is 5.26.